The Labute approximate surface area is 204 Å². The first-order chi connectivity index (χ1) is 15.9. The van der Waals surface area contributed by atoms with E-state index in [0.717, 1.165) is 24.4 Å². The van der Waals surface area contributed by atoms with Gasteiger partial charge in [0.1, 0.15) is 5.75 Å². The van der Waals surface area contributed by atoms with Gasteiger partial charge in [-0.2, -0.15) is 0 Å². The molecule has 3 atom stereocenters. The zero-order valence-corrected chi connectivity index (χ0v) is 20.2. The van der Waals surface area contributed by atoms with E-state index in [2.05, 4.69) is 27.7 Å². The van der Waals surface area contributed by atoms with Gasteiger partial charge in [-0.1, -0.05) is 35.3 Å². The smallest absolute Gasteiger partial charge is 0.254 e. The Morgan fingerprint density at radius 3 is 2.36 bits per heavy atom. The fourth-order valence-electron chi connectivity index (χ4n) is 4.94. The number of carbonyl (C=O) groups is 2. The van der Waals surface area contributed by atoms with Gasteiger partial charge in [0, 0.05) is 41.8 Å². The van der Waals surface area contributed by atoms with Crippen molar-refractivity contribution < 1.29 is 14.3 Å². The molecular formula is C25H29Cl2N3O3. The molecule has 2 aromatic rings. The minimum atomic E-state index is -0.280. The Morgan fingerprint density at radius 1 is 1.03 bits per heavy atom. The van der Waals surface area contributed by atoms with Crippen LogP contribution in [0.1, 0.15) is 48.0 Å². The van der Waals surface area contributed by atoms with Gasteiger partial charge in [0.15, 0.2) is 0 Å². The number of fused-ring (bicyclic) bond motifs is 2. The lowest BCUT2D eigenvalue weighted by Crippen LogP contribution is -2.50. The lowest BCUT2D eigenvalue weighted by atomic mass is 9.96. The highest BCUT2D eigenvalue weighted by atomic mass is 35.5. The van der Waals surface area contributed by atoms with Crippen LogP contribution in [0.2, 0.25) is 10.0 Å². The minimum Gasteiger partial charge on any atom is -0.492 e. The number of amides is 2. The summed E-state index contributed by atoms with van der Waals surface area (Å²) >= 11 is 12.0. The number of hydrogen-bond acceptors (Lipinski definition) is 4. The van der Waals surface area contributed by atoms with E-state index in [-0.39, 0.29) is 30.9 Å². The molecule has 2 fully saturated rings. The average Bonchev–Trinajstić information content (AvgIpc) is 3.02. The standard InChI is InChI=1S/C25H29Cl2N3O3/c1-28-25(32)22-12-18(27)6-9-23(22)33-11-10-24(31)29-19-13-20-7-8-21(14-19)30(20)15-16-2-4-17(26)5-3-16/h2-6,9,12,19-21H,7-8,10-11,13-15H2,1H3,(H,28,32)(H,29,31)/t19-,20+,21-. The number of hydrogen-bond donors (Lipinski definition) is 2. The van der Waals surface area contributed by atoms with Crippen molar-refractivity contribution in [2.24, 2.45) is 0 Å². The highest BCUT2D eigenvalue weighted by Crippen LogP contribution is 2.37. The molecule has 2 aromatic carbocycles. The molecule has 2 saturated heterocycles. The molecule has 2 amide bonds. The number of piperidine rings is 1. The van der Waals surface area contributed by atoms with Gasteiger partial charge in [-0.25, -0.2) is 0 Å². The van der Waals surface area contributed by atoms with Crippen molar-refractivity contribution in [1.29, 1.82) is 0 Å². The molecule has 6 nitrogen and oxygen atoms in total. The maximum Gasteiger partial charge on any atom is 0.254 e. The van der Waals surface area contributed by atoms with E-state index in [0.29, 0.717) is 28.4 Å². The molecule has 176 valence electrons. The molecule has 0 radical (unpaired) electrons. The van der Waals surface area contributed by atoms with Crippen LogP contribution in [0.3, 0.4) is 0 Å². The fraction of sp³-hybridized carbons (Fsp3) is 0.440. The first-order valence-electron chi connectivity index (χ1n) is 11.4. The van der Waals surface area contributed by atoms with Gasteiger partial charge in [-0.15, -0.1) is 0 Å². The van der Waals surface area contributed by atoms with Crippen LogP contribution >= 0.6 is 23.2 Å². The van der Waals surface area contributed by atoms with Crippen molar-refractivity contribution in [3.63, 3.8) is 0 Å². The molecule has 0 aromatic heterocycles. The maximum absolute atomic E-state index is 12.6. The summed E-state index contributed by atoms with van der Waals surface area (Å²) in [5.41, 5.74) is 1.63. The number of ether oxygens (including phenoxy) is 1. The van der Waals surface area contributed by atoms with E-state index >= 15 is 0 Å². The molecule has 0 unspecified atom stereocenters. The largest absolute Gasteiger partial charge is 0.492 e. The van der Waals surface area contributed by atoms with Crippen molar-refractivity contribution in [3.05, 3.63) is 63.6 Å². The summed E-state index contributed by atoms with van der Waals surface area (Å²) in [7, 11) is 1.55. The summed E-state index contributed by atoms with van der Waals surface area (Å²) < 4.78 is 5.72. The quantitative estimate of drug-likeness (QED) is 0.575. The lowest BCUT2D eigenvalue weighted by Gasteiger charge is -2.39. The third-order valence-corrected chi connectivity index (χ3v) is 7.01. The van der Waals surface area contributed by atoms with Crippen LogP contribution < -0.4 is 15.4 Å². The van der Waals surface area contributed by atoms with Crippen LogP contribution in [-0.4, -0.2) is 48.5 Å². The Hall–Kier alpha value is -2.28. The SMILES string of the molecule is CNC(=O)c1cc(Cl)ccc1OCCC(=O)N[C@H]1C[C@H]2CC[C@@H](C1)N2Cc1ccc(Cl)cc1. The van der Waals surface area contributed by atoms with Gasteiger partial charge in [0.2, 0.25) is 5.91 Å². The maximum atomic E-state index is 12.6. The molecule has 0 spiro atoms. The van der Waals surface area contributed by atoms with Crippen LogP contribution in [-0.2, 0) is 11.3 Å². The minimum absolute atomic E-state index is 0.0268. The molecule has 2 N–H and O–H groups in total. The molecule has 2 heterocycles. The summed E-state index contributed by atoms with van der Waals surface area (Å²) in [6.07, 6.45) is 4.51. The molecule has 2 aliphatic heterocycles. The van der Waals surface area contributed by atoms with Crippen LogP contribution in [0.25, 0.3) is 0 Å². The summed E-state index contributed by atoms with van der Waals surface area (Å²) in [6.45, 7) is 1.12. The Morgan fingerprint density at radius 2 is 1.70 bits per heavy atom. The van der Waals surface area contributed by atoms with Crippen molar-refractivity contribution in [2.45, 2.75) is 56.8 Å². The van der Waals surface area contributed by atoms with Gasteiger partial charge in [0.25, 0.3) is 5.91 Å². The van der Waals surface area contributed by atoms with Gasteiger partial charge >= 0.3 is 0 Å². The fourth-order valence-corrected chi connectivity index (χ4v) is 5.24. The lowest BCUT2D eigenvalue weighted by molar-refractivity contribution is -0.122. The second-order valence-corrected chi connectivity index (χ2v) is 9.61. The van der Waals surface area contributed by atoms with Crippen LogP contribution in [0.5, 0.6) is 5.75 Å². The number of benzene rings is 2. The van der Waals surface area contributed by atoms with E-state index in [4.69, 9.17) is 27.9 Å². The van der Waals surface area contributed by atoms with Crippen LogP contribution in [0, 0.1) is 0 Å². The molecule has 8 heteroatoms. The van der Waals surface area contributed by atoms with E-state index in [1.54, 1.807) is 25.2 Å². The van der Waals surface area contributed by atoms with Crippen LogP contribution in [0.4, 0.5) is 0 Å². The third-order valence-electron chi connectivity index (χ3n) is 6.53. The Kier molecular flexibility index (Phi) is 7.78. The molecular weight excluding hydrogens is 461 g/mol. The van der Waals surface area contributed by atoms with Crippen molar-refractivity contribution >= 4 is 35.0 Å². The van der Waals surface area contributed by atoms with E-state index in [1.807, 2.05) is 12.1 Å². The van der Waals surface area contributed by atoms with E-state index < -0.39 is 0 Å². The summed E-state index contributed by atoms with van der Waals surface area (Å²) in [5, 5.41) is 6.97. The summed E-state index contributed by atoms with van der Waals surface area (Å²) in [4.78, 5) is 27.2. The number of halogens is 2. The molecule has 33 heavy (non-hydrogen) atoms. The molecule has 0 saturated carbocycles. The van der Waals surface area contributed by atoms with E-state index in [9.17, 15) is 9.59 Å². The molecule has 4 rings (SSSR count). The van der Waals surface area contributed by atoms with E-state index in [1.165, 1.54) is 18.4 Å². The highest BCUT2D eigenvalue weighted by Gasteiger charge is 2.40. The van der Waals surface area contributed by atoms with Gasteiger partial charge < -0.3 is 15.4 Å². The highest BCUT2D eigenvalue weighted by molar-refractivity contribution is 6.31. The van der Waals surface area contributed by atoms with Gasteiger partial charge in [0.05, 0.1) is 18.6 Å². The topological polar surface area (TPSA) is 70.7 Å². The molecule has 2 bridgehead atoms. The number of carbonyl (C=O) groups excluding carboxylic acids is 2. The predicted octanol–water partition coefficient (Wildman–Crippen LogP) is 4.43. The normalized spacial score (nSPS) is 22.1. The number of rotatable bonds is 8. The zero-order chi connectivity index (χ0) is 23.4. The molecule has 2 aliphatic rings. The monoisotopic (exact) mass is 489 g/mol. The van der Waals surface area contributed by atoms with Crippen molar-refractivity contribution in [3.8, 4) is 5.75 Å². The van der Waals surface area contributed by atoms with Crippen molar-refractivity contribution in [1.82, 2.24) is 15.5 Å². The first-order valence-corrected chi connectivity index (χ1v) is 12.1. The first kappa shape index (κ1) is 23.9. The summed E-state index contributed by atoms with van der Waals surface area (Å²) in [5.74, 6) is 0.110. The Bertz CT molecular complexity index is 985. The van der Waals surface area contributed by atoms with Gasteiger partial charge in [-0.05, 0) is 61.6 Å². The average molecular weight is 490 g/mol. The third kappa shape index (κ3) is 5.99. The number of nitrogens with one attached hydrogen (secondary N) is 2. The molecule has 0 aliphatic carbocycles. The second kappa shape index (κ2) is 10.8. The van der Waals surface area contributed by atoms with Crippen molar-refractivity contribution in [2.75, 3.05) is 13.7 Å². The summed E-state index contributed by atoms with van der Waals surface area (Å²) in [6, 6.07) is 14.1. The predicted molar refractivity (Wildman–Crippen MR) is 130 cm³/mol. The number of nitrogens with zero attached hydrogens (tertiary/aromatic N) is 1. The second-order valence-electron chi connectivity index (χ2n) is 8.74. The zero-order valence-electron chi connectivity index (χ0n) is 18.7. The van der Waals surface area contributed by atoms with Gasteiger partial charge in [-0.3, -0.25) is 14.5 Å². The Balaban J connectivity index is 1.25. The van der Waals surface area contributed by atoms with Crippen LogP contribution in [0.15, 0.2) is 42.5 Å².